The fourth-order valence-corrected chi connectivity index (χ4v) is 2.38. The van der Waals surface area contributed by atoms with E-state index < -0.39 is 0 Å². The monoisotopic (exact) mass is 304 g/mol. The number of fused-ring (bicyclic) bond motifs is 1. The lowest BCUT2D eigenvalue weighted by molar-refractivity contribution is 0.102. The molecule has 0 saturated carbocycles. The second-order valence-electron chi connectivity index (χ2n) is 4.33. The molecule has 5 heteroatoms. The first-order valence-electron chi connectivity index (χ1n) is 5.97. The molecule has 0 saturated heterocycles. The predicted octanol–water partition coefficient (Wildman–Crippen LogP) is 4.73. The van der Waals surface area contributed by atoms with E-state index >= 15 is 0 Å². The maximum atomic E-state index is 12.3. The van der Waals surface area contributed by atoms with Crippen molar-refractivity contribution in [3.63, 3.8) is 0 Å². The number of H-pyrrole nitrogens is 1. The number of nitrogens with one attached hydrogen (secondary N) is 2. The van der Waals surface area contributed by atoms with Crippen LogP contribution < -0.4 is 5.32 Å². The molecule has 0 atom stereocenters. The molecular formula is C15H10Cl2N2O. The average Bonchev–Trinajstić information content (AvgIpc) is 2.87. The molecule has 0 bridgehead atoms. The third-order valence-electron chi connectivity index (χ3n) is 3.01. The van der Waals surface area contributed by atoms with Gasteiger partial charge in [0.15, 0.2) is 0 Å². The molecule has 0 aliphatic carbocycles. The van der Waals surface area contributed by atoms with Crippen LogP contribution in [0.4, 0.5) is 5.69 Å². The molecule has 0 unspecified atom stereocenters. The zero-order valence-corrected chi connectivity index (χ0v) is 11.8. The molecule has 1 amide bonds. The van der Waals surface area contributed by atoms with Gasteiger partial charge in [-0.1, -0.05) is 41.4 Å². The molecule has 0 aliphatic heterocycles. The van der Waals surface area contributed by atoms with Gasteiger partial charge >= 0.3 is 0 Å². The number of aromatic nitrogens is 1. The SMILES string of the molecule is O=C(Nc1cc(Cl)ccc1Cl)c1c[nH]c2ccccc12. The fourth-order valence-electron chi connectivity index (χ4n) is 2.04. The van der Waals surface area contributed by atoms with Crippen LogP contribution in [0.5, 0.6) is 0 Å². The summed E-state index contributed by atoms with van der Waals surface area (Å²) in [5, 5.41) is 4.60. The van der Waals surface area contributed by atoms with Gasteiger partial charge in [-0.15, -0.1) is 0 Å². The molecular weight excluding hydrogens is 295 g/mol. The molecule has 3 aromatic rings. The van der Waals surface area contributed by atoms with Gasteiger partial charge in [0.25, 0.3) is 5.91 Å². The minimum Gasteiger partial charge on any atom is -0.360 e. The van der Waals surface area contributed by atoms with Crippen LogP contribution in [0.1, 0.15) is 10.4 Å². The summed E-state index contributed by atoms with van der Waals surface area (Å²) in [5.41, 5.74) is 1.97. The van der Waals surface area contributed by atoms with Gasteiger partial charge in [0.2, 0.25) is 0 Å². The Kier molecular flexibility index (Phi) is 3.38. The van der Waals surface area contributed by atoms with Crippen LogP contribution in [0.15, 0.2) is 48.7 Å². The number of para-hydroxylation sites is 1. The lowest BCUT2D eigenvalue weighted by Gasteiger charge is -2.07. The topological polar surface area (TPSA) is 44.9 Å². The largest absolute Gasteiger partial charge is 0.360 e. The number of halogens is 2. The zero-order valence-electron chi connectivity index (χ0n) is 10.3. The van der Waals surface area contributed by atoms with Crippen LogP contribution in [0.2, 0.25) is 10.0 Å². The van der Waals surface area contributed by atoms with Crippen molar-refractivity contribution < 1.29 is 4.79 Å². The van der Waals surface area contributed by atoms with E-state index in [9.17, 15) is 4.79 Å². The van der Waals surface area contributed by atoms with Crippen LogP contribution in [-0.4, -0.2) is 10.9 Å². The number of hydrogen-bond acceptors (Lipinski definition) is 1. The lowest BCUT2D eigenvalue weighted by Crippen LogP contribution is -2.11. The highest BCUT2D eigenvalue weighted by Gasteiger charge is 2.13. The number of rotatable bonds is 2. The molecule has 2 aromatic carbocycles. The summed E-state index contributed by atoms with van der Waals surface area (Å²) < 4.78 is 0. The third-order valence-corrected chi connectivity index (χ3v) is 3.58. The number of hydrogen-bond donors (Lipinski definition) is 2. The van der Waals surface area contributed by atoms with Crippen molar-refractivity contribution in [3.05, 3.63) is 64.3 Å². The summed E-state index contributed by atoms with van der Waals surface area (Å²) in [5.74, 6) is -0.230. The number of benzene rings is 2. The normalized spacial score (nSPS) is 10.7. The predicted molar refractivity (Wildman–Crippen MR) is 82.7 cm³/mol. The van der Waals surface area contributed by atoms with E-state index in [1.807, 2.05) is 24.3 Å². The number of anilines is 1. The molecule has 1 heterocycles. The average molecular weight is 305 g/mol. The highest BCUT2D eigenvalue weighted by Crippen LogP contribution is 2.27. The maximum Gasteiger partial charge on any atom is 0.257 e. The molecule has 3 rings (SSSR count). The molecule has 1 aromatic heterocycles. The Balaban J connectivity index is 1.95. The van der Waals surface area contributed by atoms with Gasteiger partial charge < -0.3 is 10.3 Å². The Labute approximate surface area is 125 Å². The van der Waals surface area contributed by atoms with Crippen molar-refractivity contribution in [3.8, 4) is 0 Å². The molecule has 0 radical (unpaired) electrons. The van der Waals surface area contributed by atoms with E-state index in [-0.39, 0.29) is 5.91 Å². The third kappa shape index (κ3) is 2.38. The van der Waals surface area contributed by atoms with Gasteiger partial charge in [-0.3, -0.25) is 4.79 Å². The maximum absolute atomic E-state index is 12.3. The van der Waals surface area contributed by atoms with E-state index in [1.54, 1.807) is 24.4 Å². The summed E-state index contributed by atoms with van der Waals surface area (Å²) in [6, 6.07) is 12.5. The van der Waals surface area contributed by atoms with Crippen molar-refractivity contribution in [1.82, 2.24) is 4.98 Å². The van der Waals surface area contributed by atoms with E-state index in [0.29, 0.717) is 21.3 Å². The molecule has 0 spiro atoms. The summed E-state index contributed by atoms with van der Waals surface area (Å²) in [6.45, 7) is 0. The summed E-state index contributed by atoms with van der Waals surface area (Å²) in [6.07, 6.45) is 1.68. The van der Waals surface area contributed by atoms with Gasteiger partial charge in [0, 0.05) is 22.1 Å². The minimum absolute atomic E-state index is 0.230. The van der Waals surface area contributed by atoms with Crippen molar-refractivity contribution in [2.75, 3.05) is 5.32 Å². The van der Waals surface area contributed by atoms with Crippen LogP contribution in [0.25, 0.3) is 10.9 Å². The number of amides is 1. The van der Waals surface area contributed by atoms with Crippen LogP contribution >= 0.6 is 23.2 Å². The van der Waals surface area contributed by atoms with Crippen molar-refractivity contribution in [2.24, 2.45) is 0 Å². The second-order valence-corrected chi connectivity index (χ2v) is 5.17. The van der Waals surface area contributed by atoms with Gasteiger partial charge in [0.05, 0.1) is 16.3 Å². The van der Waals surface area contributed by atoms with Crippen LogP contribution in [0, 0.1) is 0 Å². The van der Waals surface area contributed by atoms with Crippen molar-refractivity contribution in [2.45, 2.75) is 0 Å². The standard InChI is InChI=1S/C15H10Cl2N2O/c16-9-5-6-12(17)14(7-9)19-15(20)11-8-18-13-4-2-1-3-10(11)13/h1-8,18H,(H,19,20). The zero-order chi connectivity index (χ0) is 14.1. The van der Waals surface area contributed by atoms with E-state index in [0.717, 1.165) is 10.9 Å². The Hall–Kier alpha value is -1.97. The quantitative estimate of drug-likeness (QED) is 0.706. The number of aromatic amines is 1. The first-order valence-corrected chi connectivity index (χ1v) is 6.73. The van der Waals surface area contributed by atoms with Crippen LogP contribution in [-0.2, 0) is 0 Å². The van der Waals surface area contributed by atoms with E-state index in [2.05, 4.69) is 10.3 Å². The molecule has 0 aliphatic rings. The fraction of sp³-hybridized carbons (Fsp3) is 0. The summed E-state index contributed by atoms with van der Waals surface area (Å²) >= 11 is 11.9. The first-order chi connectivity index (χ1) is 9.65. The summed E-state index contributed by atoms with van der Waals surface area (Å²) in [7, 11) is 0. The Morgan fingerprint density at radius 2 is 1.90 bits per heavy atom. The number of carbonyl (C=O) groups excluding carboxylic acids is 1. The van der Waals surface area contributed by atoms with Gasteiger partial charge in [-0.2, -0.15) is 0 Å². The van der Waals surface area contributed by atoms with Gasteiger partial charge in [-0.25, -0.2) is 0 Å². The number of carbonyl (C=O) groups is 1. The van der Waals surface area contributed by atoms with Gasteiger partial charge in [0.1, 0.15) is 0 Å². The Morgan fingerprint density at radius 3 is 2.75 bits per heavy atom. The highest BCUT2D eigenvalue weighted by atomic mass is 35.5. The molecule has 20 heavy (non-hydrogen) atoms. The molecule has 3 nitrogen and oxygen atoms in total. The van der Waals surface area contributed by atoms with Crippen LogP contribution in [0.3, 0.4) is 0 Å². The molecule has 2 N–H and O–H groups in total. The second kappa shape index (κ2) is 5.19. The van der Waals surface area contributed by atoms with E-state index in [1.165, 1.54) is 0 Å². The Morgan fingerprint density at radius 1 is 1.10 bits per heavy atom. The minimum atomic E-state index is -0.230. The Bertz CT molecular complexity index is 795. The lowest BCUT2D eigenvalue weighted by atomic mass is 10.1. The first kappa shape index (κ1) is 13.0. The van der Waals surface area contributed by atoms with E-state index in [4.69, 9.17) is 23.2 Å². The van der Waals surface area contributed by atoms with Crippen molar-refractivity contribution >= 4 is 45.7 Å². The summed E-state index contributed by atoms with van der Waals surface area (Å²) in [4.78, 5) is 15.4. The molecule has 100 valence electrons. The molecule has 0 fully saturated rings. The smallest absolute Gasteiger partial charge is 0.257 e. The van der Waals surface area contributed by atoms with Crippen molar-refractivity contribution in [1.29, 1.82) is 0 Å². The highest BCUT2D eigenvalue weighted by molar-refractivity contribution is 6.36. The van der Waals surface area contributed by atoms with Gasteiger partial charge in [-0.05, 0) is 24.3 Å².